The first kappa shape index (κ1) is 11.6. The number of aliphatic imine (C=N–C) groups is 1. The lowest BCUT2D eigenvalue weighted by Crippen LogP contribution is -1.99. The predicted molar refractivity (Wildman–Crippen MR) is 71.7 cm³/mol. The summed E-state index contributed by atoms with van der Waals surface area (Å²) in [5, 5.41) is 1.45. The number of hydrogen-bond donors (Lipinski definition) is 0. The van der Waals surface area contributed by atoms with E-state index in [2.05, 4.69) is 4.99 Å². The molecule has 0 N–H and O–H groups in total. The third-order valence-corrected chi connectivity index (χ3v) is 4.87. The van der Waals surface area contributed by atoms with Crippen LogP contribution in [0.1, 0.15) is 6.42 Å². The Labute approximate surface area is 108 Å². The van der Waals surface area contributed by atoms with Crippen molar-refractivity contribution in [2.45, 2.75) is 11.3 Å². The van der Waals surface area contributed by atoms with Gasteiger partial charge >= 0.3 is 0 Å². The van der Waals surface area contributed by atoms with Gasteiger partial charge in [0.05, 0.1) is 5.02 Å². The van der Waals surface area contributed by atoms with Crippen LogP contribution in [0.25, 0.3) is 0 Å². The molecule has 2 rings (SSSR count). The zero-order chi connectivity index (χ0) is 10.7. The van der Waals surface area contributed by atoms with Gasteiger partial charge in [-0.2, -0.15) is 0 Å². The van der Waals surface area contributed by atoms with E-state index in [4.69, 9.17) is 23.2 Å². The lowest BCUT2D eigenvalue weighted by atomic mass is 10.4. The van der Waals surface area contributed by atoms with Crippen LogP contribution in [0.2, 0.25) is 10.0 Å². The Morgan fingerprint density at radius 2 is 2.20 bits per heavy atom. The second-order valence-electron chi connectivity index (χ2n) is 3.03. The van der Waals surface area contributed by atoms with Gasteiger partial charge in [-0.05, 0) is 24.6 Å². The van der Waals surface area contributed by atoms with Crippen molar-refractivity contribution in [3.63, 3.8) is 0 Å². The third kappa shape index (κ3) is 3.31. The van der Waals surface area contributed by atoms with Crippen LogP contribution in [0.5, 0.6) is 0 Å². The largest absolute Gasteiger partial charge is 0.271 e. The van der Waals surface area contributed by atoms with Gasteiger partial charge in [-0.1, -0.05) is 46.7 Å². The second kappa shape index (κ2) is 5.48. The van der Waals surface area contributed by atoms with Gasteiger partial charge in [0.25, 0.3) is 0 Å². The van der Waals surface area contributed by atoms with Crippen LogP contribution in [0, 0.1) is 0 Å². The topological polar surface area (TPSA) is 12.4 Å². The molecule has 0 unspecified atom stereocenters. The molecule has 0 aromatic heterocycles. The highest BCUT2D eigenvalue weighted by Gasteiger charge is 2.10. The van der Waals surface area contributed by atoms with E-state index < -0.39 is 0 Å². The SMILES string of the molecule is Clc1ccc(Cl)c(SC2=NCCCS2)c1. The van der Waals surface area contributed by atoms with E-state index >= 15 is 0 Å². The fourth-order valence-electron chi connectivity index (χ4n) is 1.15. The maximum atomic E-state index is 6.07. The van der Waals surface area contributed by atoms with Crippen LogP contribution in [0.3, 0.4) is 0 Å². The molecule has 0 radical (unpaired) electrons. The molecule has 0 fully saturated rings. The zero-order valence-corrected chi connectivity index (χ0v) is 11.0. The Kier molecular flexibility index (Phi) is 4.26. The summed E-state index contributed by atoms with van der Waals surface area (Å²) >= 11 is 15.4. The fraction of sp³-hybridized carbons (Fsp3) is 0.300. The summed E-state index contributed by atoms with van der Waals surface area (Å²) in [6.07, 6.45) is 1.16. The van der Waals surface area contributed by atoms with E-state index in [0.717, 1.165) is 33.0 Å². The van der Waals surface area contributed by atoms with Gasteiger partial charge in [0.2, 0.25) is 0 Å². The van der Waals surface area contributed by atoms with Crippen molar-refractivity contribution in [1.82, 2.24) is 0 Å². The molecule has 1 aromatic rings. The van der Waals surface area contributed by atoms with Gasteiger partial charge in [-0.25, -0.2) is 0 Å². The summed E-state index contributed by atoms with van der Waals surface area (Å²) in [7, 11) is 0. The van der Waals surface area contributed by atoms with E-state index in [1.165, 1.54) is 0 Å². The summed E-state index contributed by atoms with van der Waals surface area (Å²) in [4.78, 5) is 5.42. The summed E-state index contributed by atoms with van der Waals surface area (Å²) in [6, 6.07) is 5.50. The van der Waals surface area contributed by atoms with Crippen LogP contribution < -0.4 is 0 Å². The molecule has 15 heavy (non-hydrogen) atoms. The molecule has 0 saturated carbocycles. The van der Waals surface area contributed by atoms with Gasteiger partial charge in [0.1, 0.15) is 4.38 Å². The number of halogens is 2. The van der Waals surface area contributed by atoms with Crippen molar-refractivity contribution in [2.75, 3.05) is 12.3 Å². The molecule has 0 saturated heterocycles. The lowest BCUT2D eigenvalue weighted by Gasteiger charge is -2.11. The first-order valence-corrected chi connectivity index (χ1v) is 7.11. The monoisotopic (exact) mass is 277 g/mol. The standard InChI is InChI=1S/C10H9Cl2NS2/c11-7-2-3-8(12)9(6-7)15-10-13-4-1-5-14-10/h2-3,6H,1,4-5H2. The summed E-state index contributed by atoms with van der Waals surface area (Å²) < 4.78 is 1.09. The average molecular weight is 278 g/mol. The first-order chi connectivity index (χ1) is 7.25. The van der Waals surface area contributed by atoms with Crippen molar-refractivity contribution < 1.29 is 0 Å². The molecule has 0 bridgehead atoms. The summed E-state index contributed by atoms with van der Waals surface area (Å²) in [6.45, 7) is 0.924. The van der Waals surface area contributed by atoms with Gasteiger partial charge in [0, 0.05) is 22.2 Å². The molecule has 0 atom stereocenters. The van der Waals surface area contributed by atoms with Gasteiger partial charge in [-0.3, -0.25) is 4.99 Å². The Bertz CT molecular complexity index is 393. The maximum absolute atomic E-state index is 6.07. The summed E-state index contributed by atoms with van der Waals surface area (Å²) in [5.41, 5.74) is 0. The maximum Gasteiger partial charge on any atom is 0.129 e. The number of hydrogen-bond acceptors (Lipinski definition) is 3. The molecule has 0 amide bonds. The van der Waals surface area contributed by atoms with E-state index in [-0.39, 0.29) is 0 Å². The Balaban J connectivity index is 2.15. The highest BCUT2D eigenvalue weighted by molar-refractivity contribution is 8.39. The van der Waals surface area contributed by atoms with Crippen molar-refractivity contribution in [1.29, 1.82) is 0 Å². The van der Waals surface area contributed by atoms with Crippen LogP contribution in [0.15, 0.2) is 28.1 Å². The Morgan fingerprint density at radius 3 is 2.93 bits per heavy atom. The quantitative estimate of drug-likeness (QED) is 0.745. The molecule has 1 aromatic carbocycles. The van der Waals surface area contributed by atoms with Crippen molar-refractivity contribution in [3.05, 3.63) is 28.2 Å². The smallest absolute Gasteiger partial charge is 0.129 e. The van der Waals surface area contributed by atoms with Crippen molar-refractivity contribution in [2.24, 2.45) is 4.99 Å². The predicted octanol–water partition coefficient (Wildman–Crippen LogP) is 4.58. The Hall–Kier alpha value is 0.170. The highest BCUT2D eigenvalue weighted by atomic mass is 35.5. The molecule has 0 spiro atoms. The number of thioether (sulfide) groups is 2. The molecule has 80 valence electrons. The fourth-order valence-corrected chi connectivity index (χ4v) is 3.70. The highest BCUT2D eigenvalue weighted by Crippen LogP contribution is 2.34. The van der Waals surface area contributed by atoms with Gasteiger partial charge in [-0.15, -0.1) is 0 Å². The van der Waals surface area contributed by atoms with Gasteiger partial charge in [0.15, 0.2) is 0 Å². The third-order valence-electron chi connectivity index (χ3n) is 1.86. The van der Waals surface area contributed by atoms with E-state index in [0.29, 0.717) is 5.02 Å². The van der Waals surface area contributed by atoms with Crippen LogP contribution in [-0.4, -0.2) is 16.7 Å². The number of nitrogens with zero attached hydrogens (tertiary/aromatic N) is 1. The molecular formula is C10H9Cl2NS2. The first-order valence-electron chi connectivity index (χ1n) is 4.56. The molecule has 5 heteroatoms. The number of rotatable bonds is 1. The number of benzene rings is 1. The van der Waals surface area contributed by atoms with Crippen molar-refractivity contribution >= 4 is 51.1 Å². The molecule has 1 aliphatic rings. The van der Waals surface area contributed by atoms with Crippen LogP contribution in [0.4, 0.5) is 0 Å². The van der Waals surface area contributed by atoms with E-state index in [1.54, 1.807) is 29.6 Å². The minimum absolute atomic E-state index is 0.711. The molecule has 1 nitrogen and oxygen atoms in total. The van der Waals surface area contributed by atoms with Gasteiger partial charge < -0.3 is 0 Å². The second-order valence-corrected chi connectivity index (χ2v) is 6.24. The average Bonchev–Trinajstić information content (AvgIpc) is 2.25. The Morgan fingerprint density at radius 1 is 1.33 bits per heavy atom. The van der Waals surface area contributed by atoms with E-state index in [1.807, 2.05) is 12.1 Å². The normalized spacial score (nSPS) is 16.3. The molecule has 0 aliphatic carbocycles. The van der Waals surface area contributed by atoms with E-state index in [9.17, 15) is 0 Å². The molecule has 1 heterocycles. The summed E-state index contributed by atoms with van der Waals surface area (Å²) in [5.74, 6) is 1.14. The zero-order valence-electron chi connectivity index (χ0n) is 7.87. The van der Waals surface area contributed by atoms with Crippen LogP contribution in [-0.2, 0) is 0 Å². The molecular weight excluding hydrogens is 269 g/mol. The minimum Gasteiger partial charge on any atom is -0.271 e. The minimum atomic E-state index is 0.711. The van der Waals surface area contributed by atoms with Crippen molar-refractivity contribution in [3.8, 4) is 0 Å². The van der Waals surface area contributed by atoms with Crippen LogP contribution >= 0.6 is 46.7 Å². The lowest BCUT2D eigenvalue weighted by molar-refractivity contribution is 0.942. The molecule has 1 aliphatic heterocycles.